The maximum atomic E-state index is 12.0. The van der Waals surface area contributed by atoms with Crippen molar-refractivity contribution in [1.29, 1.82) is 0 Å². The Morgan fingerprint density at radius 1 is 1.33 bits per heavy atom. The maximum absolute atomic E-state index is 12.0. The number of nitrogens with zero attached hydrogens (tertiary/aromatic N) is 2. The molecule has 0 aliphatic carbocycles. The van der Waals surface area contributed by atoms with E-state index in [-0.39, 0.29) is 5.91 Å². The molecule has 0 saturated heterocycles. The molecule has 100 valence electrons. The molecule has 0 saturated carbocycles. The fourth-order valence-corrected chi connectivity index (χ4v) is 1.95. The Labute approximate surface area is 106 Å². The van der Waals surface area contributed by atoms with Gasteiger partial charge in [-0.25, -0.2) is 0 Å². The van der Waals surface area contributed by atoms with E-state index in [1.54, 1.807) is 11.6 Å². The average molecular weight is 253 g/mol. The number of aromatic nitrogens is 2. The third kappa shape index (κ3) is 2.69. The zero-order valence-electron chi connectivity index (χ0n) is 11.3. The second-order valence-corrected chi connectivity index (χ2v) is 4.50. The van der Waals surface area contributed by atoms with Crippen LogP contribution in [0.2, 0.25) is 0 Å². The number of carbonyl (C=O) groups excluding carboxylic acids is 1. The van der Waals surface area contributed by atoms with Crippen molar-refractivity contribution in [2.45, 2.75) is 39.7 Å². The van der Waals surface area contributed by atoms with Crippen molar-refractivity contribution in [3.05, 3.63) is 17.0 Å². The normalized spacial score (nSPS) is 14.1. The van der Waals surface area contributed by atoms with E-state index in [1.807, 2.05) is 20.9 Å². The Morgan fingerprint density at radius 2 is 1.89 bits per heavy atom. The summed E-state index contributed by atoms with van der Waals surface area (Å²) in [6.45, 7) is 6.92. The lowest BCUT2D eigenvalue weighted by Crippen LogP contribution is -2.40. The molecule has 1 aromatic heterocycles. The van der Waals surface area contributed by atoms with Crippen molar-refractivity contribution in [3.63, 3.8) is 0 Å². The van der Waals surface area contributed by atoms with E-state index in [0.717, 1.165) is 17.0 Å². The lowest BCUT2D eigenvalue weighted by atomic mass is 9.98. The number of amides is 1. The third-order valence-corrected chi connectivity index (χ3v) is 3.12. The van der Waals surface area contributed by atoms with Gasteiger partial charge in [0.1, 0.15) is 6.04 Å². The quantitative estimate of drug-likeness (QED) is 0.828. The van der Waals surface area contributed by atoms with Crippen LogP contribution in [-0.4, -0.2) is 32.8 Å². The molecule has 0 aliphatic heterocycles. The van der Waals surface area contributed by atoms with E-state index in [1.165, 1.54) is 6.92 Å². The molecule has 0 aliphatic rings. The van der Waals surface area contributed by atoms with Crippen molar-refractivity contribution >= 4 is 11.9 Å². The van der Waals surface area contributed by atoms with Gasteiger partial charge in [-0.1, -0.05) is 0 Å². The largest absolute Gasteiger partial charge is 0.480 e. The summed E-state index contributed by atoms with van der Waals surface area (Å²) in [5.74, 6) is -1.76. The smallest absolute Gasteiger partial charge is 0.325 e. The van der Waals surface area contributed by atoms with E-state index in [0.29, 0.717) is 0 Å². The minimum Gasteiger partial charge on any atom is -0.480 e. The van der Waals surface area contributed by atoms with Gasteiger partial charge < -0.3 is 10.4 Å². The predicted octanol–water partition coefficient (Wildman–Crippen LogP) is 0.730. The standard InChI is InChI=1S/C12H19N3O3/c1-6(11(16)13-8(3)12(17)18)10-7(2)14-15(5)9(10)4/h6,8H,1-5H3,(H,13,16)(H,17,18)/t6?,8-/m1/s1. The molecule has 0 aromatic carbocycles. The van der Waals surface area contributed by atoms with Crippen LogP contribution in [-0.2, 0) is 16.6 Å². The summed E-state index contributed by atoms with van der Waals surface area (Å²) in [6.07, 6.45) is 0. The molecule has 2 atom stereocenters. The zero-order valence-corrected chi connectivity index (χ0v) is 11.3. The molecule has 2 N–H and O–H groups in total. The highest BCUT2D eigenvalue weighted by Gasteiger charge is 2.24. The van der Waals surface area contributed by atoms with E-state index in [2.05, 4.69) is 10.4 Å². The fourth-order valence-electron chi connectivity index (χ4n) is 1.95. The van der Waals surface area contributed by atoms with Gasteiger partial charge in [0.25, 0.3) is 0 Å². The van der Waals surface area contributed by atoms with Crippen molar-refractivity contribution in [1.82, 2.24) is 15.1 Å². The number of aliphatic carboxylic acids is 1. The zero-order chi connectivity index (χ0) is 14.0. The van der Waals surface area contributed by atoms with Crippen molar-refractivity contribution in [2.75, 3.05) is 0 Å². The third-order valence-electron chi connectivity index (χ3n) is 3.12. The molecule has 1 heterocycles. The SMILES string of the molecule is Cc1nn(C)c(C)c1C(C)C(=O)N[C@H](C)C(=O)O. The molecular formula is C12H19N3O3. The minimum atomic E-state index is -1.05. The summed E-state index contributed by atoms with van der Waals surface area (Å²) in [4.78, 5) is 22.7. The van der Waals surface area contributed by atoms with Gasteiger partial charge in [0.05, 0.1) is 11.6 Å². The van der Waals surface area contributed by atoms with Crippen LogP contribution in [0.25, 0.3) is 0 Å². The monoisotopic (exact) mass is 253 g/mol. The summed E-state index contributed by atoms with van der Waals surface area (Å²) in [6, 6.07) is -0.891. The second kappa shape index (κ2) is 5.20. The average Bonchev–Trinajstić information content (AvgIpc) is 2.52. The Morgan fingerprint density at radius 3 is 2.28 bits per heavy atom. The van der Waals surface area contributed by atoms with Crippen LogP contribution in [0.1, 0.15) is 36.7 Å². The van der Waals surface area contributed by atoms with Gasteiger partial charge in [-0.15, -0.1) is 0 Å². The molecule has 1 amide bonds. The first kappa shape index (κ1) is 14.2. The van der Waals surface area contributed by atoms with Gasteiger partial charge in [-0.2, -0.15) is 5.10 Å². The molecule has 1 unspecified atom stereocenters. The van der Waals surface area contributed by atoms with E-state index in [9.17, 15) is 9.59 Å². The first-order valence-corrected chi connectivity index (χ1v) is 5.79. The fraction of sp³-hybridized carbons (Fsp3) is 0.583. The van der Waals surface area contributed by atoms with Crippen LogP contribution < -0.4 is 5.32 Å². The first-order valence-electron chi connectivity index (χ1n) is 5.79. The van der Waals surface area contributed by atoms with Crippen LogP contribution in [0.5, 0.6) is 0 Å². The number of hydrogen-bond donors (Lipinski definition) is 2. The number of carboxylic acids is 1. The molecule has 6 heteroatoms. The lowest BCUT2D eigenvalue weighted by molar-refractivity contribution is -0.141. The van der Waals surface area contributed by atoms with Gasteiger partial charge in [0, 0.05) is 18.3 Å². The van der Waals surface area contributed by atoms with Gasteiger partial charge in [-0.05, 0) is 27.7 Å². The summed E-state index contributed by atoms with van der Waals surface area (Å²) in [5.41, 5.74) is 2.56. The van der Waals surface area contributed by atoms with Gasteiger partial charge in [-0.3, -0.25) is 14.3 Å². The van der Waals surface area contributed by atoms with Crippen molar-refractivity contribution < 1.29 is 14.7 Å². The highest BCUT2D eigenvalue weighted by molar-refractivity contribution is 5.88. The van der Waals surface area contributed by atoms with Crippen molar-refractivity contribution in [3.8, 4) is 0 Å². The molecule has 1 rings (SSSR count). The molecule has 0 bridgehead atoms. The summed E-state index contributed by atoms with van der Waals surface area (Å²) < 4.78 is 1.72. The first-order chi connectivity index (χ1) is 8.25. The predicted molar refractivity (Wildman–Crippen MR) is 66.3 cm³/mol. The Bertz CT molecular complexity index is 479. The maximum Gasteiger partial charge on any atom is 0.325 e. The Kier molecular flexibility index (Phi) is 4.11. The van der Waals surface area contributed by atoms with E-state index in [4.69, 9.17) is 5.11 Å². The van der Waals surface area contributed by atoms with E-state index >= 15 is 0 Å². The summed E-state index contributed by atoms with van der Waals surface area (Å²) in [7, 11) is 1.82. The highest BCUT2D eigenvalue weighted by Crippen LogP contribution is 2.22. The molecule has 0 fully saturated rings. The number of nitrogens with one attached hydrogen (secondary N) is 1. The topological polar surface area (TPSA) is 84.2 Å². The van der Waals surface area contributed by atoms with Gasteiger partial charge in [0.2, 0.25) is 5.91 Å². The Balaban J connectivity index is 2.90. The Hall–Kier alpha value is -1.85. The molecule has 18 heavy (non-hydrogen) atoms. The molecule has 1 aromatic rings. The van der Waals surface area contributed by atoms with Crippen LogP contribution in [0.15, 0.2) is 0 Å². The number of aryl methyl sites for hydroxylation is 2. The van der Waals surface area contributed by atoms with Crippen LogP contribution in [0, 0.1) is 13.8 Å². The molecule has 6 nitrogen and oxygen atoms in total. The number of hydrogen-bond acceptors (Lipinski definition) is 3. The number of carboxylic acid groups (broad SMARTS) is 1. The second-order valence-electron chi connectivity index (χ2n) is 4.50. The number of carbonyl (C=O) groups is 2. The molecule has 0 radical (unpaired) electrons. The van der Waals surface area contributed by atoms with Crippen LogP contribution >= 0.6 is 0 Å². The summed E-state index contributed by atoms with van der Waals surface area (Å²) >= 11 is 0. The van der Waals surface area contributed by atoms with Crippen LogP contribution in [0.4, 0.5) is 0 Å². The molecule has 0 spiro atoms. The van der Waals surface area contributed by atoms with Crippen molar-refractivity contribution in [2.24, 2.45) is 7.05 Å². The van der Waals surface area contributed by atoms with Gasteiger partial charge in [0.15, 0.2) is 0 Å². The van der Waals surface area contributed by atoms with Gasteiger partial charge >= 0.3 is 5.97 Å². The van der Waals surface area contributed by atoms with E-state index < -0.39 is 17.9 Å². The lowest BCUT2D eigenvalue weighted by Gasteiger charge is -2.15. The number of rotatable bonds is 4. The van der Waals surface area contributed by atoms with Crippen LogP contribution in [0.3, 0.4) is 0 Å². The summed E-state index contributed by atoms with van der Waals surface area (Å²) in [5, 5.41) is 15.5. The minimum absolute atomic E-state index is 0.302. The highest BCUT2D eigenvalue weighted by atomic mass is 16.4. The molecular weight excluding hydrogens is 234 g/mol.